The van der Waals surface area contributed by atoms with Crippen LogP contribution in [-0.2, 0) is 21.2 Å². The molecule has 0 spiro atoms. The summed E-state index contributed by atoms with van der Waals surface area (Å²) in [6.07, 6.45) is 5.04. The summed E-state index contributed by atoms with van der Waals surface area (Å²) >= 11 is 0. The Balaban J connectivity index is 1.59. The van der Waals surface area contributed by atoms with Crippen LogP contribution in [0.2, 0.25) is 0 Å². The van der Waals surface area contributed by atoms with Gasteiger partial charge in [-0.2, -0.15) is 0 Å². The second-order valence-electron chi connectivity index (χ2n) is 8.24. The number of hydrogen-bond donors (Lipinski definition) is 1. The summed E-state index contributed by atoms with van der Waals surface area (Å²) in [6.45, 7) is 0.538. The Morgan fingerprint density at radius 3 is 2.63 bits per heavy atom. The van der Waals surface area contributed by atoms with Gasteiger partial charge in [-0.25, -0.2) is 17.5 Å². The minimum atomic E-state index is -3.40. The Bertz CT molecular complexity index is 1040. The second kappa shape index (κ2) is 8.43. The van der Waals surface area contributed by atoms with Crippen molar-refractivity contribution in [2.24, 2.45) is 5.92 Å². The molecule has 2 unspecified atom stereocenters. The molecular weight excluding hydrogens is 405 g/mol. The van der Waals surface area contributed by atoms with Gasteiger partial charge in [0.15, 0.2) is 0 Å². The van der Waals surface area contributed by atoms with Gasteiger partial charge in [-0.05, 0) is 43.5 Å². The van der Waals surface area contributed by atoms with E-state index in [1.807, 2.05) is 23.1 Å². The number of likely N-dealkylation sites (tertiary alicyclic amines) is 1. The zero-order chi connectivity index (χ0) is 21.3. The maximum absolute atomic E-state index is 13.6. The molecule has 2 heterocycles. The van der Waals surface area contributed by atoms with E-state index in [9.17, 15) is 17.6 Å². The third-order valence-electron chi connectivity index (χ3n) is 5.99. The van der Waals surface area contributed by atoms with Crippen LogP contribution in [0.5, 0.6) is 0 Å². The first kappa shape index (κ1) is 20.9. The van der Waals surface area contributed by atoms with Gasteiger partial charge in [0.2, 0.25) is 15.9 Å². The van der Waals surface area contributed by atoms with Crippen molar-refractivity contribution in [1.82, 2.24) is 14.6 Å². The molecule has 2 aliphatic rings. The van der Waals surface area contributed by atoms with Gasteiger partial charge in [0.25, 0.3) is 0 Å². The number of nitrogens with one attached hydrogen (secondary N) is 1. The number of carbonyl (C=O) groups excluding carboxylic acids is 1. The van der Waals surface area contributed by atoms with Gasteiger partial charge in [-0.3, -0.25) is 9.78 Å². The molecule has 1 saturated heterocycles. The van der Waals surface area contributed by atoms with Crippen molar-refractivity contribution in [3.63, 3.8) is 0 Å². The molecule has 8 heteroatoms. The van der Waals surface area contributed by atoms with Crippen LogP contribution in [0.4, 0.5) is 4.39 Å². The first-order chi connectivity index (χ1) is 14.3. The van der Waals surface area contributed by atoms with E-state index in [0.717, 1.165) is 31.2 Å². The van der Waals surface area contributed by atoms with E-state index in [1.54, 1.807) is 12.1 Å². The quantitative estimate of drug-likeness (QED) is 0.763. The molecule has 1 aromatic heterocycles. The number of halogens is 1. The Kier molecular flexibility index (Phi) is 5.88. The summed E-state index contributed by atoms with van der Waals surface area (Å²) in [7, 11) is -3.40. The maximum atomic E-state index is 13.6. The molecule has 2 aromatic rings. The summed E-state index contributed by atoms with van der Waals surface area (Å²) in [5, 5.41) is 0. The smallest absolute Gasteiger partial charge is 0.225 e. The minimum absolute atomic E-state index is 0.0519. The molecule has 160 valence electrons. The highest BCUT2D eigenvalue weighted by molar-refractivity contribution is 7.88. The topological polar surface area (TPSA) is 79.4 Å². The van der Waals surface area contributed by atoms with Crippen LogP contribution >= 0.6 is 0 Å². The van der Waals surface area contributed by atoms with Crippen molar-refractivity contribution in [1.29, 1.82) is 0 Å². The Morgan fingerprint density at radius 2 is 1.97 bits per heavy atom. The predicted octanol–water partition coefficient (Wildman–Crippen LogP) is 2.75. The van der Waals surface area contributed by atoms with E-state index in [4.69, 9.17) is 0 Å². The third-order valence-corrected chi connectivity index (χ3v) is 6.73. The molecule has 1 aliphatic carbocycles. The number of sulfonamides is 1. The lowest BCUT2D eigenvalue weighted by Crippen LogP contribution is -2.49. The monoisotopic (exact) mass is 431 g/mol. The molecule has 6 nitrogen and oxygen atoms in total. The molecule has 1 aromatic carbocycles. The van der Waals surface area contributed by atoms with Gasteiger partial charge in [-0.1, -0.05) is 24.6 Å². The van der Waals surface area contributed by atoms with Crippen molar-refractivity contribution >= 4 is 15.9 Å². The fourth-order valence-electron chi connectivity index (χ4n) is 4.30. The zero-order valence-electron chi connectivity index (χ0n) is 16.9. The van der Waals surface area contributed by atoms with Crippen molar-refractivity contribution in [2.45, 2.75) is 44.2 Å². The van der Waals surface area contributed by atoms with Crippen LogP contribution in [0.3, 0.4) is 0 Å². The minimum Gasteiger partial charge on any atom is -0.337 e. The van der Waals surface area contributed by atoms with Crippen molar-refractivity contribution < 1.29 is 17.6 Å². The zero-order valence-corrected chi connectivity index (χ0v) is 17.7. The highest BCUT2D eigenvalue weighted by atomic mass is 32.2. The van der Waals surface area contributed by atoms with E-state index in [0.29, 0.717) is 30.6 Å². The molecule has 1 aliphatic heterocycles. The molecule has 30 heavy (non-hydrogen) atoms. The number of pyridine rings is 1. The van der Waals surface area contributed by atoms with E-state index in [-0.39, 0.29) is 29.7 Å². The van der Waals surface area contributed by atoms with E-state index < -0.39 is 10.0 Å². The molecule has 1 amide bonds. The van der Waals surface area contributed by atoms with E-state index in [1.165, 1.54) is 12.1 Å². The standard InChI is InChI=1S/C22H26FN3O3S/c1-30(28,29)25-20-11-12-26(22(27)15-5-2-6-15)21(20)14-18-9-4-10-19(24-18)16-7-3-8-17(23)13-16/h3-4,7-10,13,15,20-21,25H,2,5-6,11-12,14H2,1H3. The van der Waals surface area contributed by atoms with Crippen LogP contribution in [0, 0.1) is 11.7 Å². The Hall–Kier alpha value is -2.32. The summed E-state index contributed by atoms with van der Waals surface area (Å²) < 4.78 is 40.0. The summed E-state index contributed by atoms with van der Waals surface area (Å²) in [5.41, 5.74) is 2.07. The first-order valence-electron chi connectivity index (χ1n) is 10.3. The largest absolute Gasteiger partial charge is 0.337 e. The number of amides is 1. The second-order valence-corrected chi connectivity index (χ2v) is 10.0. The van der Waals surface area contributed by atoms with Crippen molar-refractivity contribution in [2.75, 3.05) is 12.8 Å². The summed E-state index contributed by atoms with van der Waals surface area (Å²) in [6, 6.07) is 11.2. The summed E-state index contributed by atoms with van der Waals surface area (Å²) in [5.74, 6) is -0.161. The van der Waals surface area contributed by atoms with Gasteiger partial charge in [0, 0.05) is 36.2 Å². The fraction of sp³-hybridized carbons (Fsp3) is 0.455. The average Bonchev–Trinajstić information content (AvgIpc) is 3.01. The van der Waals surface area contributed by atoms with Gasteiger partial charge >= 0.3 is 0 Å². The molecule has 0 radical (unpaired) electrons. The lowest BCUT2D eigenvalue weighted by atomic mass is 9.84. The fourth-order valence-corrected chi connectivity index (χ4v) is 5.12. The molecule has 0 bridgehead atoms. The number of hydrogen-bond acceptors (Lipinski definition) is 4. The highest BCUT2D eigenvalue weighted by Crippen LogP contribution is 2.32. The normalized spacial score (nSPS) is 22.1. The molecule has 1 saturated carbocycles. The predicted molar refractivity (Wildman–Crippen MR) is 113 cm³/mol. The van der Waals surface area contributed by atoms with Gasteiger partial charge in [0.1, 0.15) is 5.82 Å². The highest BCUT2D eigenvalue weighted by Gasteiger charge is 2.41. The van der Waals surface area contributed by atoms with Crippen molar-refractivity contribution in [3.8, 4) is 11.3 Å². The molecule has 2 fully saturated rings. The van der Waals surface area contributed by atoms with Crippen molar-refractivity contribution in [3.05, 3.63) is 54.0 Å². The average molecular weight is 432 g/mol. The van der Waals surface area contributed by atoms with Gasteiger partial charge in [0.05, 0.1) is 18.0 Å². The lowest BCUT2D eigenvalue weighted by molar-refractivity contribution is -0.139. The first-order valence-corrected chi connectivity index (χ1v) is 12.2. The van der Waals surface area contributed by atoms with E-state index in [2.05, 4.69) is 9.71 Å². The molecule has 2 atom stereocenters. The third kappa shape index (κ3) is 4.70. The van der Waals surface area contributed by atoms with Gasteiger partial charge < -0.3 is 4.90 Å². The van der Waals surface area contributed by atoms with Gasteiger partial charge in [-0.15, -0.1) is 0 Å². The van der Waals surface area contributed by atoms with E-state index >= 15 is 0 Å². The molecule has 1 N–H and O–H groups in total. The summed E-state index contributed by atoms with van der Waals surface area (Å²) in [4.78, 5) is 19.5. The Morgan fingerprint density at radius 1 is 1.20 bits per heavy atom. The maximum Gasteiger partial charge on any atom is 0.225 e. The number of carbonyl (C=O) groups is 1. The number of benzene rings is 1. The van der Waals surface area contributed by atoms with Crippen LogP contribution < -0.4 is 4.72 Å². The van der Waals surface area contributed by atoms with Crippen LogP contribution in [-0.4, -0.2) is 49.1 Å². The molecular formula is C22H26FN3O3S. The lowest BCUT2D eigenvalue weighted by Gasteiger charge is -2.34. The van der Waals surface area contributed by atoms with Crippen LogP contribution in [0.1, 0.15) is 31.4 Å². The molecule has 4 rings (SSSR count). The number of aromatic nitrogens is 1. The van der Waals surface area contributed by atoms with Crippen LogP contribution in [0.25, 0.3) is 11.3 Å². The van der Waals surface area contributed by atoms with Crippen LogP contribution in [0.15, 0.2) is 42.5 Å². The number of nitrogens with zero attached hydrogens (tertiary/aromatic N) is 2. The SMILES string of the molecule is CS(=O)(=O)NC1CCN(C(=O)C2CCC2)C1Cc1cccc(-c2cccc(F)c2)n1. The number of rotatable bonds is 6. The Labute approximate surface area is 176 Å².